The van der Waals surface area contributed by atoms with Gasteiger partial charge < -0.3 is 18.9 Å². The van der Waals surface area contributed by atoms with Crippen LogP contribution in [0.15, 0.2) is 243 Å². The number of hydrogen-bond donors (Lipinski definition) is 0. The van der Waals surface area contributed by atoms with Crippen molar-refractivity contribution in [3.63, 3.8) is 0 Å². The highest BCUT2D eigenvalue weighted by Crippen LogP contribution is 2.67. The van der Waals surface area contributed by atoms with Crippen molar-refractivity contribution < 1.29 is 9.47 Å². The average molecular weight is 965 g/mol. The van der Waals surface area contributed by atoms with Crippen LogP contribution in [0.5, 0.6) is 11.5 Å². The number of hydrogen-bond acceptors (Lipinski definition) is 3. The zero-order chi connectivity index (χ0) is 50.4. The largest absolute Gasteiger partial charge is 0.496 e. The lowest BCUT2D eigenvalue weighted by Crippen LogP contribution is -2.27. The fourth-order valence-corrected chi connectivity index (χ4v) is 12.7. The summed E-state index contributed by atoms with van der Waals surface area (Å²) in [7, 11) is 3.59. The smallest absolute Gasteiger partial charge is 0.127 e. The Hall–Kier alpha value is -9.38. The van der Waals surface area contributed by atoms with Gasteiger partial charge in [-0.25, -0.2) is 0 Å². The van der Waals surface area contributed by atoms with Gasteiger partial charge in [-0.05, 0) is 165 Å². The lowest BCUT2D eigenvalue weighted by molar-refractivity contribution is 0.415. The molecule has 11 aromatic carbocycles. The molecule has 2 aliphatic rings. The summed E-state index contributed by atoms with van der Waals surface area (Å²) in [5.41, 5.74) is 25.0. The van der Waals surface area contributed by atoms with Crippen LogP contribution in [0.1, 0.15) is 33.4 Å². The third kappa shape index (κ3) is 6.76. The molecule has 358 valence electrons. The standard InChI is InChI=1S/C71H52N2O2/c1-45-40-62-68(66(42-45)74-3)59-22-8-11-25-61(59)71(62)63-41-46(2)43-67(75-4)69(63)60-24-15-23-56(70(60)71)51-18-14-19-55(44-51)72(52-34-28-48(29-35-52)47-16-6-5-7-17-47)53-36-30-49(31-37-53)50-32-38-54(39-33-50)73-64-26-12-9-20-57(64)58-21-10-13-27-65(58)73/h5-44H,1-4H3. The van der Waals surface area contributed by atoms with Crippen LogP contribution in [0.25, 0.3) is 83.1 Å². The van der Waals surface area contributed by atoms with E-state index in [1.807, 2.05) is 0 Å². The van der Waals surface area contributed by atoms with Crippen LogP contribution in [0.2, 0.25) is 0 Å². The zero-order valence-electron chi connectivity index (χ0n) is 42.3. The van der Waals surface area contributed by atoms with E-state index in [1.165, 1.54) is 71.9 Å². The molecule has 1 unspecified atom stereocenters. The van der Waals surface area contributed by atoms with E-state index < -0.39 is 5.41 Å². The molecule has 2 aliphatic carbocycles. The molecule has 75 heavy (non-hydrogen) atoms. The third-order valence-corrected chi connectivity index (χ3v) is 15.9. The molecule has 0 fully saturated rings. The molecule has 14 rings (SSSR count). The highest BCUT2D eigenvalue weighted by Gasteiger charge is 2.54. The van der Waals surface area contributed by atoms with Gasteiger partial charge in [-0.2, -0.15) is 0 Å². The highest BCUT2D eigenvalue weighted by atomic mass is 16.5. The molecule has 0 amide bonds. The fraction of sp³-hybridized carbons (Fsp3) is 0.0704. The summed E-state index contributed by atoms with van der Waals surface area (Å²) >= 11 is 0. The van der Waals surface area contributed by atoms with Gasteiger partial charge in [0.15, 0.2) is 0 Å². The third-order valence-electron chi connectivity index (χ3n) is 15.9. The maximum atomic E-state index is 6.33. The fourth-order valence-electron chi connectivity index (χ4n) is 12.7. The molecule has 0 aliphatic heterocycles. The van der Waals surface area contributed by atoms with Crippen LogP contribution in [0.4, 0.5) is 17.1 Å². The van der Waals surface area contributed by atoms with Gasteiger partial charge in [0.1, 0.15) is 11.5 Å². The lowest BCUT2D eigenvalue weighted by atomic mass is 9.68. The summed E-state index contributed by atoms with van der Waals surface area (Å²) in [5, 5.41) is 2.52. The number of fused-ring (bicyclic) bond motifs is 13. The summed E-state index contributed by atoms with van der Waals surface area (Å²) in [6.07, 6.45) is 0. The number of para-hydroxylation sites is 2. The van der Waals surface area contributed by atoms with E-state index in [4.69, 9.17) is 9.47 Å². The number of rotatable bonds is 9. The molecule has 0 bridgehead atoms. The molecule has 1 spiro atoms. The lowest BCUT2D eigenvalue weighted by Gasteiger charge is -2.33. The van der Waals surface area contributed by atoms with E-state index in [1.54, 1.807) is 14.2 Å². The Morgan fingerprint density at radius 3 is 1.43 bits per heavy atom. The highest BCUT2D eigenvalue weighted by molar-refractivity contribution is 6.09. The van der Waals surface area contributed by atoms with Gasteiger partial charge in [0.2, 0.25) is 0 Å². The van der Waals surface area contributed by atoms with E-state index >= 15 is 0 Å². The minimum Gasteiger partial charge on any atom is -0.496 e. The molecule has 12 aromatic rings. The second-order valence-electron chi connectivity index (χ2n) is 20.1. The van der Waals surface area contributed by atoms with E-state index in [0.29, 0.717) is 0 Å². The number of nitrogens with zero attached hydrogens (tertiary/aromatic N) is 2. The monoisotopic (exact) mass is 964 g/mol. The van der Waals surface area contributed by atoms with Crippen molar-refractivity contribution in [2.24, 2.45) is 0 Å². The van der Waals surface area contributed by atoms with Crippen molar-refractivity contribution in [2.45, 2.75) is 19.3 Å². The molecule has 1 aromatic heterocycles. The summed E-state index contributed by atoms with van der Waals surface area (Å²) in [4.78, 5) is 2.39. The number of anilines is 3. The predicted octanol–water partition coefficient (Wildman–Crippen LogP) is 18.2. The van der Waals surface area contributed by atoms with Gasteiger partial charge >= 0.3 is 0 Å². The maximum Gasteiger partial charge on any atom is 0.127 e. The number of aryl methyl sites for hydroxylation is 2. The number of benzene rings is 11. The summed E-state index contributed by atoms with van der Waals surface area (Å²) in [6, 6.07) is 89.0. The van der Waals surface area contributed by atoms with Gasteiger partial charge in [0, 0.05) is 44.6 Å². The van der Waals surface area contributed by atoms with Crippen LogP contribution in [0, 0.1) is 13.8 Å². The van der Waals surface area contributed by atoms with Gasteiger partial charge in [0.25, 0.3) is 0 Å². The first-order valence-electron chi connectivity index (χ1n) is 25.8. The summed E-state index contributed by atoms with van der Waals surface area (Å²) in [6.45, 7) is 4.36. The van der Waals surface area contributed by atoms with Crippen LogP contribution in [-0.2, 0) is 5.41 Å². The first kappa shape index (κ1) is 44.3. The molecular formula is C71H52N2O2. The van der Waals surface area contributed by atoms with Crippen LogP contribution < -0.4 is 14.4 Å². The topological polar surface area (TPSA) is 26.6 Å². The van der Waals surface area contributed by atoms with Crippen molar-refractivity contribution in [3.8, 4) is 72.8 Å². The summed E-state index contributed by atoms with van der Waals surface area (Å²) < 4.78 is 15.0. The Labute approximate surface area is 438 Å². The number of methoxy groups -OCH3 is 2. The second-order valence-corrected chi connectivity index (χ2v) is 20.1. The minimum atomic E-state index is -0.647. The van der Waals surface area contributed by atoms with E-state index in [0.717, 1.165) is 73.2 Å². The Balaban J connectivity index is 0.913. The van der Waals surface area contributed by atoms with E-state index in [9.17, 15) is 0 Å². The Morgan fingerprint density at radius 2 is 0.827 bits per heavy atom. The molecule has 0 N–H and O–H groups in total. The summed E-state index contributed by atoms with van der Waals surface area (Å²) in [5.74, 6) is 1.77. The minimum absolute atomic E-state index is 0.647. The Kier molecular flexibility index (Phi) is 10.3. The van der Waals surface area contributed by atoms with Gasteiger partial charge in [-0.3, -0.25) is 0 Å². The molecular weight excluding hydrogens is 913 g/mol. The molecule has 4 heteroatoms. The van der Waals surface area contributed by atoms with Crippen molar-refractivity contribution in [3.05, 3.63) is 276 Å². The van der Waals surface area contributed by atoms with Crippen molar-refractivity contribution in [1.29, 1.82) is 0 Å². The maximum absolute atomic E-state index is 6.33. The van der Waals surface area contributed by atoms with Crippen molar-refractivity contribution in [1.82, 2.24) is 4.57 Å². The molecule has 0 saturated carbocycles. The molecule has 0 saturated heterocycles. The van der Waals surface area contributed by atoms with Crippen LogP contribution >= 0.6 is 0 Å². The van der Waals surface area contributed by atoms with E-state index in [-0.39, 0.29) is 0 Å². The van der Waals surface area contributed by atoms with Crippen LogP contribution in [-0.4, -0.2) is 18.8 Å². The predicted molar refractivity (Wildman–Crippen MR) is 311 cm³/mol. The van der Waals surface area contributed by atoms with Crippen molar-refractivity contribution in [2.75, 3.05) is 19.1 Å². The Morgan fingerprint density at radius 1 is 0.360 bits per heavy atom. The van der Waals surface area contributed by atoms with Gasteiger partial charge in [-0.15, -0.1) is 0 Å². The molecule has 0 radical (unpaired) electrons. The second kappa shape index (κ2) is 17.4. The average Bonchev–Trinajstić information content (AvgIpc) is 4.26. The molecule has 1 heterocycles. The van der Waals surface area contributed by atoms with Crippen molar-refractivity contribution >= 4 is 38.9 Å². The Bertz CT molecular complexity index is 4140. The van der Waals surface area contributed by atoms with E-state index in [2.05, 4.69) is 266 Å². The number of ether oxygens (including phenoxy) is 2. The molecule has 4 nitrogen and oxygen atoms in total. The normalized spacial score (nSPS) is 13.9. The quantitative estimate of drug-likeness (QED) is 0.144. The SMILES string of the molecule is COc1cc(C)cc2c1-c1ccccc1C21c2cc(C)cc(OC)c2-c2cccc(-c3cccc(N(c4ccc(-c5ccccc5)cc4)c4ccc(-c5ccc(-n6c7ccccc7c7ccccc76)cc5)cc4)c3)c21. The zero-order valence-corrected chi connectivity index (χ0v) is 42.3. The molecule has 1 atom stereocenters. The number of aromatic nitrogens is 1. The van der Waals surface area contributed by atoms with Gasteiger partial charge in [-0.1, -0.05) is 170 Å². The first-order chi connectivity index (χ1) is 36.9. The van der Waals surface area contributed by atoms with Crippen LogP contribution in [0.3, 0.4) is 0 Å². The first-order valence-corrected chi connectivity index (χ1v) is 25.8. The van der Waals surface area contributed by atoms with Gasteiger partial charge in [0.05, 0.1) is 30.7 Å².